The number of thioether (sulfide) groups is 1. The predicted molar refractivity (Wildman–Crippen MR) is 147 cm³/mol. The molecule has 3 aromatic rings. The largest absolute Gasteiger partial charge is 0.476 e. The van der Waals surface area contributed by atoms with Crippen LogP contribution in [0.5, 0.6) is 0 Å². The fraction of sp³-hybridized carbons (Fsp3) is 0.462. The molecular weight excluding hydrogens is 529 g/mol. The Morgan fingerprint density at radius 2 is 1.87 bits per heavy atom. The van der Waals surface area contributed by atoms with E-state index < -0.39 is 17.4 Å². The van der Waals surface area contributed by atoms with Crippen molar-refractivity contribution in [3.05, 3.63) is 41.5 Å². The average molecular weight is 562 g/mol. The Balaban J connectivity index is 1.68. The number of aromatic carboxylic acids is 1. The SMILES string of the molecule is Cc1nn(-c2nc(N3CCN(C(=O)OC(C)(C)C)CC3)c(SC(C)C)s2)c(C(=O)O)c1-c1cccc(F)c1. The monoisotopic (exact) mass is 561 g/mol. The number of halogens is 1. The molecule has 2 aromatic heterocycles. The van der Waals surface area contributed by atoms with E-state index in [1.165, 1.54) is 28.2 Å². The van der Waals surface area contributed by atoms with Crippen molar-refractivity contribution >= 4 is 41.0 Å². The van der Waals surface area contributed by atoms with Crippen LogP contribution in [-0.2, 0) is 4.74 Å². The van der Waals surface area contributed by atoms with Gasteiger partial charge in [-0.05, 0) is 45.4 Å². The molecule has 1 saturated heterocycles. The molecule has 1 amide bonds. The lowest BCUT2D eigenvalue weighted by atomic mass is 10.0. The highest BCUT2D eigenvalue weighted by Gasteiger charge is 2.31. The summed E-state index contributed by atoms with van der Waals surface area (Å²) < 4.78 is 21.8. The summed E-state index contributed by atoms with van der Waals surface area (Å²) in [7, 11) is 0. The van der Waals surface area contributed by atoms with Gasteiger partial charge in [0.2, 0.25) is 5.13 Å². The van der Waals surface area contributed by atoms with Gasteiger partial charge < -0.3 is 19.6 Å². The van der Waals surface area contributed by atoms with Crippen molar-refractivity contribution in [1.82, 2.24) is 19.7 Å². The Morgan fingerprint density at radius 3 is 2.45 bits per heavy atom. The van der Waals surface area contributed by atoms with Gasteiger partial charge in [-0.25, -0.2) is 14.0 Å². The van der Waals surface area contributed by atoms with Gasteiger partial charge in [0.05, 0.1) is 5.69 Å². The zero-order valence-electron chi connectivity index (χ0n) is 22.3. The molecule has 1 aromatic carbocycles. The minimum atomic E-state index is -1.18. The van der Waals surface area contributed by atoms with Crippen molar-refractivity contribution < 1.29 is 23.8 Å². The third kappa shape index (κ3) is 6.12. The van der Waals surface area contributed by atoms with E-state index in [1.54, 1.807) is 35.7 Å². The Morgan fingerprint density at radius 1 is 1.18 bits per heavy atom. The van der Waals surface area contributed by atoms with Crippen LogP contribution in [0.1, 0.15) is 50.8 Å². The number of ether oxygens (including phenoxy) is 1. The molecule has 1 aliphatic rings. The number of aromatic nitrogens is 3. The van der Waals surface area contributed by atoms with Gasteiger partial charge in [-0.2, -0.15) is 14.8 Å². The number of nitrogens with zero attached hydrogens (tertiary/aromatic N) is 5. The smallest absolute Gasteiger partial charge is 0.410 e. The average Bonchev–Trinajstić information content (AvgIpc) is 3.38. The molecule has 3 heterocycles. The molecule has 12 heteroatoms. The van der Waals surface area contributed by atoms with Gasteiger partial charge >= 0.3 is 12.1 Å². The number of rotatable bonds is 6. The summed E-state index contributed by atoms with van der Waals surface area (Å²) in [5.74, 6) is -0.890. The Bertz CT molecular complexity index is 1340. The van der Waals surface area contributed by atoms with E-state index in [9.17, 15) is 19.1 Å². The molecule has 9 nitrogen and oxygen atoms in total. The normalized spacial score (nSPS) is 14.3. The van der Waals surface area contributed by atoms with Crippen molar-refractivity contribution in [1.29, 1.82) is 0 Å². The second-order valence-corrected chi connectivity index (χ2v) is 13.1. The number of piperazine rings is 1. The maximum atomic E-state index is 14.0. The van der Waals surface area contributed by atoms with Crippen LogP contribution in [0.2, 0.25) is 0 Å². The quantitative estimate of drug-likeness (QED) is 0.383. The first-order valence-electron chi connectivity index (χ1n) is 12.3. The number of carbonyl (C=O) groups excluding carboxylic acids is 1. The minimum Gasteiger partial charge on any atom is -0.476 e. The van der Waals surface area contributed by atoms with Crippen molar-refractivity contribution in [2.75, 3.05) is 31.1 Å². The molecule has 38 heavy (non-hydrogen) atoms. The lowest BCUT2D eigenvalue weighted by molar-refractivity contribution is 0.0240. The topological polar surface area (TPSA) is 101 Å². The first kappa shape index (κ1) is 27.9. The Kier molecular flexibility index (Phi) is 8.03. The number of hydrogen-bond donors (Lipinski definition) is 1. The second-order valence-electron chi connectivity index (χ2n) is 10.3. The number of anilines is 1. The van der Waals surface area contributed by atoms with Gasteiger partial charge in [-0.15, -0.1) is 11.8 Å². The second kappa shape index (κ2) is 10.9. The molecule has 1 fully saturated rings. The Labute approximate surface area is 229 Å². The van der Waals surface area contributed by atoms with E-state index in [0.717, 1.165) is 10.0 Å². The molecule has 0 radical (unpaired) electrons. The highest BCUT2D eigenvalue weighted by atomic mass is 32.2. The zero-order chi connectivity index (χ0) is 27.8. The third-order valence-corrected chi connectivity index (χ3v) is 7.92. The van der Waals surface area contributed by atoms with Gasteiger partial charge in [-0.1, -0.05) is 37.3 Å². The first-order chi connectivity index (χ1) is 17.8. The van der Waals surface area contributed by atoms with Gasteiger partial charge in [-0.3, -0.25) is 0 Å². The number of amides is 1. The first-order valence-corrected chi connectivity index (χ1v) is 14.0. The molecule has 0 saturated carbocycles. The van der Waals surface area contributed by atoms with Crippen molar-refractivity contribution in [3.63, 3.8) is 0 Å². The maximum Gasteiger partial charge on any atom is 0.410 e. The van der Waals surface area contributed by atoms with Gasteiger partial charge in [0.15, 0.2) is 11.5 Å². The summed E-state index contributed by atoms with van der Waals surface area (Å²) in [6.07, 6.45) is -0.337. The number of carboxylic acid groups (broad SMARTS) is 1. The maximum absolute atomic E-state index is 14.0. The number of benzene rings is 1. The van der Waals surface area contributed by atoms with E-state index in [1.807, 2.05) is 20.8 Å². The van der Waals surface area contributed by atoms with E-state index in [0.29, 0.717) is 48.1 Å². The summed E-state index contributed by atoms with van der Waals surface area (Å²) in [6.45, 7) is 13.5. The van der Waals surface area contributed by atoms with E-state index >= 15 is 0 Å². The van der Waals surface area contributed by atoms with Gasteiger partial charge in [0.1, 0.15) is 15.6 Å². The van der Waals surface area contributed by atoms with Crippen molar-refractivity contribution in [2.24, 2.45) is 0 Å². The molecule has 0 spiro atoms. The summed E-state index contributed by atoms with van der Waals surface area (Å²) in [5.41, 5.74) is 0.640. The van der Waals surface area contributed by atoms with Crippen LogP contribution in [0.25, 0.3) is 16.3 Å². The lowest BCUT2D eigenvalue weighted by Gasteiger charge is -2.36. The summed E-state index contributed by atoms with van der Waals surface area (Å²) in [4.78, 5) is 33.6. The number of aryl methyl sites for hydroxylation is 1. The minimum absolute atomic E-state index is 0.0655. The van der Waals surface area contributed by atoms with Crippen LogP contribution in [0, 0.1) is 12.7 Å². The van der Waals surface area contributed by atoms with Crippen LogP contribution in [0.4, 0.5) is 15.0 Å². The molecule has 4 rings (SSSR count). The van der Waals surface area contributed by atoms with E-state index in [2.05, 4.69) is 23.8 Å². The van der Waals surface area contributed by atoms with Crippen LogP contribution in [0.3, 0.4) is 0 Å². The van der Waals surface area contributed by atoms with Crippen LogP contribution in [0.15, 0.2) is 28.5 Å². The molecule has 1 aliphatic heterocycles. The van der Waals surface area contributed by atoms with Gasteiger partial charge in [0.25, 0.3) is 0 Å². The molecule has 0 bridgehead atoms. The summed E-state index contributed by atoms with van der Waals surface area (Å²) in [5, 5.41) is 15.3. The summed E-state index contributed by atoms with van der Waals surface area (Å²) in [6, 6.07) is 5.83. The van der Waals surface area contributed by atoms with E-state index in [-0.39, 0.29) is 17.0 Å². The Hall–Kier alpha value is -3.12. The molecule has 0 unspecified atom stereocenters. The summed E-state index contributed by atoms with van der Waals surface area (Å²) >= 11 is 3.01. The van der Waals surface area contributed by atoms with E-state index in [4.69, 9.17) is 9.72 Å². The predicted octanol–water partition coefficient (Wildman–Crippen LogP) is 5.70. The van der Waals surface area contributed by atoms with Crippen LogP contribution < -0.4 is 4.90 Å². The highest BCUT2D eigenvalue weighted by molar-refractivity contribution is 8.01. The fourth-order valence-electron chi connectivity index (χ4n) is 4.15. The highest BCUT2D eigenvalue weighted by Crippen LogP contribution is 2.41. The van der Waals surface area contributed by atoms with Crippen molar-refractivity contribution in [2.45, 2.75) is 56.6 Å². The molecule has 204 valence electrons. The zero-order valence-corrected chi connectivity index (χ0v) is 24.0. The van der Waals surface area contributed by atoms with Crippen LogP contribution in [-0.4, -0.2) is 73.9 Å². The standard InChI is InChI=1S/C26H32FN5O4S2/c1-15(2)37-23-21(30-10-12-31(13-11-30)25(35)36-26(4,5)6)28-24(38-23)32-20(22(33)34)19(16(3)29-32)17-8-7-9-18(27)14-17/h7-9,14-15H,10-13H2,1-6H3,(H,33,34). The molecular formula is C26H32FN5O4S2. The number of carbonyl (C=O) groups is 2. The molecule has 1 N–H and O–H groups in total. The third-order valence-electron chi connectivity index (χ3n) is 5.70. The lowest BCUT2D eigenvalue weighted by Crippen LogP contribution is -2.50. The number of thiazole rings is 1. The number of carboxylic acids is 1. The van der Waals surface area contributed by atoms with Crippen molar-refractivity contribution in [3.8, 4) is 16.3 Å². The fourth-order valence-corrected chi connectivity index (χ4v) is 6.63. The molecule has 0 atom stereocenters. The number of hydrogen-bond acceptors (Lipinski definition) is 8. The molecule has 0 aliphatic carbocycles. The van der Waals surface area contributed by atoms with Gasteiger partial charge in [0, 0.05) is 37.0 Å². The van der Waals surface area contributed by atoms with Crippen LogP contribution >= 0.6 is 23.1 Å².